The molecule has 0 spiro atoms. The number of likely N-dealkylation sites (N-methyl/N-ethyl adjacent to an activating group) is 1. The van der Waals surface area contributed by atoms with Crippen LogP contribution in [0.1, 0.15) is 17.3 Å². The first-order valence-electron chi connectivity index (χ1n) is 5.74. The quantitative estimate of drug-likeness (QED) is 0.841. The van der Waals surface area contributed by atoms with Crippen LogP contribution in [-0.4, -0.2) is 40.6 Å². The van der Waals surface area contributed by atoms with Gasteiger partial charge in [-0.15, -0.1) is 0 Å². The number of benzene rings is 1. The first-order valence-corrected chi connectivity index (χ1v) is 5.74. The van der Waals surface area contributed by atoms with Gasteiger partial charge in [-0.3, -0.25) is 4.79 Å². The molecule has 0 radical (unpaired) electrons. The van der Waals surface area contributed by atoms with Crippen LogP contribution in [0, 0.1) is 0 Å². The van der Waals surface area contributed by atoms with Crippen molar-refractivity contribution < 1.29 is 9.90 Å². The molecule has 2 N–H and O–H groups in total. The maximum atomic E-state index is 12.3. The second kappa shape index (κ2) is 5.01. The Morgan fingerprint density at radius 3 is 2.94 bits per heavy atom. The van der Waals surface area contributed by atoms with Gasteiger partial charge in [0.15, 0.2) is 0 Å². The Morgan fingerprint density at radius 2 is 2.24 bits per heavy atom. The van der Waals surface area contributed by atoms with Crippen LogP contribution >= 0.6 is 0 Å². The summed E-state index contributed by atoms with van der Waals surface area (Å²) in [4.78, 5) is 17.0. The molecule has 0 saturated carbocycles. The van der Waals surface area contributed by atoms with Gasteiger partial charge in [0.05, 0.1) is 17.7 Å². The molecule has 0 unspecified atom stereocenters. The van der Waals surface area contributed by atoms with Gasteiger partial charge in [-0.25, -0.2) is 0 Å². The monoisotopic (exact) mass is 232 g/mol. The summed E-state index contributed by atoms with van der Waals surface area (Å²) in [6.07, 6.45) is 1.82. The van der Waals surface area contributed by atoms with E-state index in [-0.39, 0.29) is 12.5 Å². The van der Waals surface area contributed by atoms with E-state index in [1.165, 1.54) is 0 Å². The molecule has 2 rings (SSSR count). The Kier molecular flexibility index (Phi) is 3.44. The number of nitrogens with zero attached hydrogens (tertiary/aromatic N) is 1. The second-order valence-corrected chi connectivity index (χ2v) is 3.86. The average molecular weight is 232 g/mol. The SMILES string of the molecule is CCN(CCO)C(=O)c1cccc2cc[nH]c12. The van der Waals surface area contributed by atoms with Crippen LogP contribution in [0.4, 0.5) is 0 Å². The van der Waals surface area contributed by atoms with Crippen molar-refractivity contribution >= 4 is 16.8 Å². The molecule has 0 aliphatic carbocycles. The van der Waals surface area contributed by atoms with Crippen LogP contribution in [0.3, 0.4) is 0 Å². The Balaban J connectivity index is 2.38. The van der Waals surface area contributed by atoms with Crippen LogP contribution in [0.15, 0.2) is 30.5 Å². The van der Waals surface area contributed by atoms with Gasteiger partial charge in [-0.2, -0.15) is 0 Å². The molecule has 1 heterocycles. The van der Waals surface area contributed by atoms with Gasteiger partial charge in [0, 0.05) is 24.7 Å². The highest BCUT2D eigenvalue weighted by molar-refractivity contribution is 6.05. The summed E-state index contributed by atoms with van der Waals surface area (Å²) in [5.74, 6) is -0.0467. The van der Waals surface area contributed by atoms with Crippen LogP contribution in [-0.2, 0) is 0 Å². The third-order valence-corrected chi connectivity index (χ3v) is 2.86. The van der Waals surface area contributed by atoms with Crippen LogP contribution in [0.2, 0.25) is 0 Å². The standard InChI is InChI=1S/C13H16N2O2/c1-2-15(8-9-16)13(17)11-5-3-4-10-6-7-14-12(10)11/h3-7,14,16H,2,8-9H2,1H3. The zero-order valence-corrected chi connectivity index (χ0v) is 9.81. The number of carbonyl (C=O) groups is 1. The van der Waals surface area contributed by atoms with Crippen molar-refractivity contribution in [1.29, 1.82) is 0 Å². The predicted molar refractivity (Wildman–Crippen MR) is 67.0 cm³/mol. The van der Waals surface area contributed by atoms with Crippen molar-refractivity contribution in [3.8, 4) is 0 Å². The molecule has 0 fully saturated rings. The van der Waals surface area contributed by atoms with E-state index in [2.05, 4.69) is 4.98 Å². The topological polar surface area (TPSA) is 56.3 Å². The summed E-state index contributed by atoms with van der Waals surface area (Å²) in [5.41, 5.74) is 1.51. The molecule has 4 heteroatoms. The summed E-state index contributed by atoms with van der Waals surface area (Å²) in [7, 11) is 0. The molecule has 0 aliphatic rings. The molecule has 0 aliphatic heterocycles. The fourth-order valence-electron chi connectivity index (χ4n) is 1.96. The number of para-hydroxylation sites is 1. The van der Waals surface area contributed by atoms with E-state index in [4.69, 9.17) is 5.11 Å². The van der Waals surface area contributed by atoms with Gasteiger partial charge in [0.25, 0.3) is 5.91 Å². The Morgan fingerprint density at radius 1 is 1.41 bits per heavy atom. The third-order valence-electron chi connectivity index (χ3n) is 2.86. The van der Waals surface area contributed by atoms with E-state index >= 15 is 0 Å². The molecule has 1 aromatic carbocycles. The minimum Gasteiger partial charge on any atom is -0.395 e. The molecular formula is C13H16N2O2. The van der Waals surface area contributed by atoms with E-state index in [1.54, 1.807) is 11.0 Å². The number of aromatic amines is 1. The molecule has 0 saturated heterocycles. The number of rotatable bonds is 4. The van der Waals surface area contributed by atoms with E-state index in [0.717, 1.165) is 10.9 Å². The third kappa shape index (κ3) is 2.17. The number of aromatic nitrogens is 1. The van der Waals surface area contributed by atoms with E-state index in [0.29, 0.717) is 18.7 Å². The fraction of sp³-hybridized carbons (Fsp3) is 0.308. The van der Waals surface area contributed by atoms with Crippen molar-refractivity contribution in [3.63, 3.8) is 0 Å². The lowest BCUT2D eigenvalue weighted by molar-refractivity contribution is 0.0734. The minimum absolute atomic E-state index is 0.0136. The number of fused-ring (bicyclic) bond motifs is 1. The van der Waals surface area contributed by atoms with Crippen LogP contribution < -0.4 is 0 Å². The predicted octanol–water partition coefficient (Wildman–Crippen LogP) is 1.62. The first kappa shape index (κ1) is 11.7. The molecule has 0 atom stereocenters. The number of amides is 1. The fourth-order valence-corrected chi connectivity index (χ4v) is 1.96. The molecular weight excluding hydrogens is 216 g/mol. The van der Waals surface area contributed by atoms with Gasteiger partial charge >= 0.3 is 0 Å². The van der Waals surface area contributed by atoms with Crippen LogP contribution in [0.25, 0.3) is 10.9 Å². The largest absolute Gasteiger partial charge is 0.395 e. The van der Waals surface area contributed by atoms with Gasteiger partial charge in [-0.05, 0) is 19.1 Å². The molecule has 0 bridgehead atoms. The van der Waals surface area contributed by atoms with Crippen LogP contribution in [0.5, 0.6) is 0 Å². The van der Waals surface area contributed by atoms with E-state index in [1.807, 2.05) is 31.3 Å². The number of H-pyrrole nitrogens is 1. The van der Waals surface area contributed by atoms with Crippen molar-refractivity contribution in [3.05, 3.63) is 36.0 Å². The van der Waals surface area contributed by atoms with Gasteiger partial charge in [-0.1, -0.05) is 12.1 Å². The van der Waals surface area contributed by atoms with Gasteiger partial charge in [0.1, 0.15) is 0 Å². The molecule has 1 aromatic heterocycles. The summed E-state index contributed by atoms with van der Waals surface area (Å²) in [6, 6.07) is 7.58. The highest BCUT2D eigenvalue weighted by Gasteiger charge is 2.16. The minimum atomic E-state index is -0.0467. The molecule has 2 aromatic rings. The van der Waals surface area contributed by atoms with E-state index < -0.39 is 0 Å². The molecule has 4 nitrogen and oxygen atoms in total. The number of aliphatic hydroxyl groups is 1. The smallest absolute Gasteiger partial charge is 0.256 e. The van der Waals surface area contributed by atoms with Gasteiger partial charge < -0.3 is 15.0 Å². The van der Waals surface area contributed by atoms with Crippen molar-refractivity contribution in [1.82, 2.24) is 9.88 Å². The zero-order chi connectivity index (χ0) is 12.3. The van der Waals surface area contributed by atoms with Crippen molar-refractivity contribution in [2.45, 2.75) is 6.92 Å². The molecule has 1 amide bonds. The highest BCUT2D eigenvalue weighted by Crippen LogP contribution is 2.18. The second-order valence-electron chi connectivity index (χ2n) is 3.86. The van der Waals surface area contributed by atoms with Crippen molar-refractivity contribution in [2.24, 2.45) is 0 Å². The number of carbonyl (C=O) groups excluding carboxylic acids is 1. The number of aliphatic hydroxyl groups excluding tert-OH is 1. The maximum Gasteiger partial charge on any atom is 0.256 e. The summed E-state index contributed by atoms with van der Waals surface area (Å²) >= 11 is 0. The Bertz CT molecular complexity index is 519. The zero-order valence-electron chi connectivity index (χ0n) is 9.81. The number of nitrogens with one attached hydrogen (secondary N) is 1. The number of hydrogen-bond donors (Lipinski definition) is 2. The lowest BCUT2D eigenvalue weighted by Crippen LogP contribution is -2.33. The Hall–Kier alpha value is -1.81. The average Bonchev–Trinajstić information content (AvgIpc) is 2.83. The highest BCUT2D eigenvalue weighted by atomic mass is 16.3. The molecule has 17 heavy (non-hydrogen) atoms. The van der Waals surface area contributed by atoms with Gasteiger partial charge in [0.2, 0.25) is 0 Å². The summed E-state index contributed by atoms with van der Waals surface area (Å²) in [6.45, 7) is 2.85. The lowest BCUT2D eigenvalue weighted by Gasteiger charge is -2.19. The number of hydrogen-bond acceptors (Lipinski definition) is 2. The van der Waals surface area contributed by atoms with Crippen molar-refractivity contribution in [2.75, 3.05) is 19.7 Å². The van der Waals surface area contributed by atoms with E-state index in [9.17, 15) is 4.79 Å². The molecule has 90 valence electrons. The maximum absolute atomic E-state index is 12.3. The summed E-state index contributed by atoms with van der Waals surface area (Å²) in [5, 5.41) is 9.96. The lowest BCUT2D eigenvalue weighted by atomic mass is 10.1. The summed E-state index contributed by atoms with van der Waals surface area (Å²) < 4.78 is 0. The Labute approximate surface area is 99.9 Å². The normalized spacial score (nSPS) is 10.7. The first-order chi connectivity index (χ1) is 8.27.